The van der Waals surface area contributed by atoms with Gasteiger partial charge in [-0.3, -0.25) is 14.2 Å². The van der Waals surface area contributed by atoms with Crippen LogP contribution in [0, 0.1) is 0 Å². The van der Waals surface area contributed by atoms with Crippen LogP contribution < -0.4 is 25.7 Å². The topological polar surface area (TPSA) is 148 Å². The second kappa shape index (κ2) is 14.1. The van der Waals surface area contributed by atoms with Gasteiger partial charge in [0, 0.05) is 42.1 Å². The first-order valence-electron chi connectivity index (χ1n) is 13.6. The predicted molar refractivity (Wildman–Crippen MR) is 172 cm³/mol. The van der Waals surface area contributed by atoms with Crippen LogP contribution in [0.3, 0.4) is 0 Å². The van der Waals surface area contributed by atoms with Gasteiger partial charge in [0.15, 0.2) is 0 Å². The minimum atomic E-state index is -0.894. The maximum Gasteiger partial charge on any atom is 0.260 e. The molecule has 4 rings (SSSR count). The van der Waals surface area contributed by atoms with Gasteiger partial charge in [-0.1, -0.05) is 41.9 Å². The number of aryl methyl sites for hydroxylation is 2. The number of ether oxygens (including phenoxy) is 2. The normalized spacial score (nSPS) is 12.4. The minimum absolute atomic E-state index is 0.139. The summed E-state index contributed by atoms with van der Waals surface area (Å²) < 4.78 is 12.3. The van der Waals surface area contributed by atoms with Crippen molar-refractivity contribution in [3.8, 4) is 22.6 Å². The summed E-state index contributed by atoms with van der Waals surface area (Å²) in [4.78, 5) is 34.9. The third-order valence-corrected chi connectivity index (χ3v) is 7.88. The van der Waals surface area contributed by atoms with E-state index in [4.69, 9.17) is 32.7 Å². The van der Waals surface area contributed by atoms with E-state index in [0.29, 0.717) is 23.1 Å². The Morgan fingerprint density at radius 1 is 1.11 bits per heavy atom. The molecule has 0 bridgehead atoms. The van der Waals surface area contributed by atoms with Gasteiger partial charge >= 0.3 is 0 Å². The van der Waals surface area contributed by atoms with Crippen molar-refractivity contribution in [2.75, 3.05) is 38.1 Å². The number of methoxy groups -OCH3 is 2. The highest BCUT2D eigenvalue weighted by Crippen LogP contribution is 2.45. The van der Waals surface area contributed by atoms with Gasteiger partial charge in [0.05, 0.1) is 42.0 Å². The highest BCUT2D eigenvalue weighted by atomic mass is 35.5. The van der Waals surface area contributed by atoms with E-state index < -0.39 is 11.1 Å². The van der Waals surface area contributed by atoms with E-state index in [0.717, 1.165) is 5.56 Å². The van der Waals surface area contributed by atoms with Crippen LogP contribution in [0.15, 0.2) is 60.0 Å². The number of aliphatic hydroxyl groups excluding tert-OH is 2. The molecule has 0 saturated carbocycles. The highest BCUT2D eigenvalue weighted by Gasteiger charge is 2.26. The number of benzene rings is 2. The Kier molecular flexibility index (Phi) is 10.5. The maximum atomic E-state index is 14.2. The Morgan fingerprint density at radius 3 is 2.34 bits per heavy atom. The van der Waals surface area contributed by atoms with Crippen molar-refractivity contribution in [3.63, 3.8) is 0 Å². The SMILES string of the molecule is C=CC(=O)Nc1ccc(CCn2c(=O)c(-c3c(Cl)c(OC)cc(OC)c3Cl)cc3cnc(NC(C)(CO)CCO)nc32)cc1. The summed E-state index contributed by atoms with van der Waals surface area (Å²) in [6.45, 7) is 4.96. The number of pyridine rings is 1. The van der Waals surface area contributed by atoms with Crippen molar-refractivity contribution >= 4 is 51.8 Å². The smallest absolute Gasteiger partial charge is 0.260 e. The first kappa shape index (κ1) is 32.7. The number of rotatable bonds is 13. The van der Waals surface area contributed by atoms with E-state index in [1.807, 2.05) is 12.1 Å². The highest BCUT2D eigenvalue weighted by molar-refractivity contribution is 6.41. The van der Waals surface area contributed by atoms with Crippen LogP contribution in [-0.2, 0) is 17.8 Å². The summed E-state index contributed by atoms with van der Waals surface area (Å²) in [5, 5.41) is 26.0. The second-order valence-corrected chi connectivity index (χ2v) is 11.0. The van der Waals surface area contributed by atoms with Crippen LogP contribution in [0.2, 0.25) is 10.0 Å². The molecule has 1 amide bonds. The molecule has 0 spiro atoms. The first-order valence-corrected chi connectivity index (χ1v) is 14.4. The number of fused-ring (bicyclic) bond motifs is 1. The lowest BCUT2D eigenvalue weighted by atomic mass is 10.00. The van der Waals surface area contributed by atoms with Crippen LogP contribution in [0.1, 0.15) is 18.9 Å². The fourth-order valence-corrected chi connectivity index (χ4v) is 5.32. The number of anilines is 2. The number of halogens is 2. The third-order valence-electron chi connectivity index (χ3n) is 7.13. The molecule has 44 heavy (non-hydrogen) atoms. The number of aliphatic hydroxyl groups is 2. The average molecular weight is 643 g/mol. The first-order chi connectivity index (χ1) is 21.1. The molecule has 1 atom stereocenters. The van der Waals surface area contributed by atoms with Crippen LogP contribution in [0.5, 0.6) is 11.5 Å². The van der Waals surface area contributed by atoms with Gasteiger partial charge in [-0.2, -0.15) is 4.98 Å². The number of nitrogens with zero attached hydrogens (tertiary/aromatic N) is 3. The van der Waals surface area contributed by atoms with Gasteiger partial charge in [0.2, 0.25) is 11.9 Å². The van der Waals surface area contributed by atoms with Gasteiger partial charge in [-0.25, -0.2) is 4.98 Å². The lowest BCUT2D eigenvalue weighted by Crippen LogP contribution is -2.40. The molecule has 0 aliphatic heterocycles. The van der Waals surface area contributed by atoms with Crippen LogP contribution in [-0.4, -0.2) is 63.6 Å². The number of hydrogen-bond donors (Lipinski definition) is 4. The molecule has 0 aliphatic rings. The fourth-order valence-electron chi connectivity index (χ4n) is 4.61. The number of aromatic nitrogens is 3. The summed E-state index contributed by atoms with van der Waals surface area (Å²) in [6.07, 6.45) is 3.42. The summed E-state index contributed by atoms with van der Waals surface area (Å²) in [5.74, 6) is 0.408. The van der Waals surface area contributed by atoms with E-state index in [-0.39, 0.29) is 70.7 Å². The van der Waals surface area contributed by atoms with E-state index in [1.165, 1.54) is 24.9 Å². The van der Waals surface area contributed by atoms with Crippen molar-refractivity contribution in [1.82, 2.24) is 14.5 Å². The van der Waals surface area contributed by atoms with E-state index in [2.05, 4.69) is 27.2 Å². The molecular formula is C31H33Cl2N5O6. The molecule has 2 aromatic carbocycles. The quantitative estimate of drug-likeness (QED) is 0.153. The van der Waals surface area contributed by atoms with Gasteiger partial charge in [-0.15, -0.1) is 0 Å². The zero-order valence-corrected chi connectivity index (χ0v) is 26.0. The fraction of sp³-hybridized carbons (Fsp3) is 0.290. The maximum absolute atomic E-state index is 14.2. The van der Waals surface area contributed by atoms with Gasteiger partial charge < -0.3 is 30.3 Å². The van der Waals surface area contributed by atoms with Crippen molar-refractivity contribution in [2.45, 2.75) is 31.8 Å². The number of hydrogen-bond acceptors (Lipinski definition) is 9. The molecule has 0 aliphatic carbocycles. The monoisotopic (exact) mass is 641 g/mol. The predicted octanol–water partition coefficient (Wildman–Crippen LogP) is 4.70. The molecule has 4 N–H and O–H groups in total. The molecule has 232 valence electrons. The summed E-state index contributed by atoms with van der Waals surface area (Å²) >= 11 is 13.4. The van der Waals surface area contributed by atoms with Crippen LogP contribution in [0.25, 0.3) is 22.2 Å². The molecular weight excluding hydrogens is 609 g/mol. The number of nitrogens with one attached hydrogen (secondary N) is 2. The van der Waals surface area contributed by atoms with Crippen molar-refractivity contribution < 1.29 is 24.5 Å². The van der Waals surface area contributed by atoms with Crippen molar-refractivity contribution in [1.29, 1.82) is 0 Å². The Balaban J connectivity index is 1.86. The lowest BCUT2D eigenvalue weighted by molar-refractivity contribution is -0.111. The van der Waals surface area contributed by atoms with Crippen LogP contribution >= 0.6 is 23.2 Å². The van der Waals surface area contributed by atoms with E-state index in [1.54, 1.807) is 37.4 Å². The standard InChI is InChI=1S/C31H33Cl2N5O6/c1-5-24(41)35-20-8-6-18(7-9-20)10-12-38-28-19(16-34-30(36-28)37-31(2,17-40)11-13-39)14-21(29(38)42)25-26(32)22(43-3)15-23(44-4)27(25)33/h5-9,14-16,39-40H,1,10-13,17H2,2-4H3,(H,35,41)(H,34,36,37). The molecule has 0 radical (unpaired) electrons. The molecule has 0 saturated heterocycles. The largest absolute Gasteiger partial charge is 0.495 e. The third kappa shape index (κ3) is 6.97. The number of amides is 1. The van der Waals surface area contributed by atoms with Crippen molar-refractivity contribution in [3.05, 3.63) is 81.2 Å². The number of carbonyl (C=O) groups is 1. The van der Waals surface area contributed by atoms with Gasteiger partial charge in [0.1, 0.15) is 17.1 Å². The number of carbonyl (C=O) groups excluding carboxylic acids is 1. The summed E-state index contributed by atoms with van der Waals surface area (Å²) in [6, 6.07) is 10.4. The average Bonchev–Trinajstić information content (AvgIpc) is 3.02. The Hall–Kier alpha value is -4.16. The summed E-state index contributed by atoms with van der Waals surface area (Å²) in [5.41, 5.74) is 0.956. The lowest BCUT2D eigenvalue weighted by Gasteiger charge is -2.28. The summed E-state index contributed by atoms with van der Waals surface area (Å²) in [7, 11) is 2.90. The molecule has 13 heteroatoms. The van der Waals surface area contributed by atoms with Gasteiger partial charge in [0.25, 0.3) is 5.56 Å². The molecule has 4 aromatic rings. The zero-order chi connectivity index (χ0) is 32.0. The van der Waals surface area contributed by atoms with E-state index in [9.17, 15) is 19.8 Å². The van der Waals surface area contributed by atoms with Crippen molar-refractivity contribution in [2.24, 2.45) is 0 Å². The molecule has 2 aromatic heterocycles. The zero-order valence-electron chi connectivity index (χ0n) is 24.5. The van der Waals surface area contributed by atoms with E-state index >= 15 is 0 Å². The Bertz CT molecular complexity index is 1720. The minimum Gasteiger partial charge on any atom is -0.495 e. The molecule has 1 unspecified atom stereocenters. The Morgan fingerprint density at radius 2 is 1.77 bits per heavy atom. The van der Waals surface area contributed by atoms with Crippen LogP contribution in [0.4, 0.5) is 11.6 Å². The molecule has 11 nitrogen and oxygen atoms in total. The van der Waals surface area contributed by atoms with Gasteiger partial charge in [-0.05, 0) is 49.6 Å². The molecule has 0 fully saturated rings. The second-order valence-electron chi connectivity index (χ2n) is 10.2. The Labute approximate surface area is 264 Å². The molecule has 2 heterocycles.